The van der Waals surface area contributed by atoms with E-state index in [1.807, 2.05) is 11.8 Å². The molecule has 2 saturated heterocycles. The van der Waals surface area contributed by atoms with Gasteiger partial charge in [0.05, 0.1) is 77.1 Å². The number of carbonyl (C=O) groups excluding carboxylic acids is 4. The summed E-state index contributed by atoms with van der Waals surface area (Å²) in [6.45, 7) is 3.17. The second-order valence-corrected chi connectivity index (χ2v) is 17.1. The van der Waals surface area contributed by atoms with Gasteiger partial charge in [-0.3, -0.25) is 14.1 Å². The molecule has 3 fully saturated rings. The molecule has 1 aliphatic carbocycles. The predicted molar refractivity (Wildman–Crippen MR) is 215 cm³/mol. The Labute approximate surface area is 353 Å². The lowest BCUT2D eigenvalue weighted by Crippen LogP contribution is -2.52. The molecule has 0 aromatic rings. The largest absolute Gasteiger partial charge is 0.505 e. The molecular formula is C35H64N7O16PS. The zero-order chi connectivity index (χ0) is 43.9. The van der Waals surface area contributed by atoms with Crippen LogP contribution in [0, 0.1) is 5.92 Å². The Morgan fingerprint density at radius 1 is 0.900 bits per heavy atom. The van der Waals surface area contributed by atoms with E-state index in [9.17, 15) is 43.4 Å². The number of phosphoric ester groups is 1. The normalized spacial score (nSPS) is 23.9. The summed E-state index contributed by atoms with van der Waals surface area (Å²) in [5.74, 6) is -0.170. The molecule has 0 spiro atoms. The Hall–Kier alpha value is -3.03. The number of ether oxygens (including phenoxy) is 5. The standard InChI is InChI=1S/C35H64N7O16PS/c1-42(25-20-23(21-57-35(48)49)32(31(25)45)58-59(50,51)52)34(47)40-27(36)7-4-5-10-37-29(44)9-12-53-14-16-55-18-19-56-17-15-54-13-11-38-28(43)8-3-2-6-26-30-24(22-60-26)39-33(46)41-30/h23-27,30-32,45H,2-22,36H2,1H3,(H,37,44)(H,38,43)(H,40,47)(H,48,49)(H2,39,41,46)(H2,50,51,52)/t23-,24+,25-,26+,27?,30+,31-,32?/m1/s1. The van der Waals surface area contributed by atoms with Crippen LogP contribution in [0.25, 0.3) is 0 Å². The second-order valence-electron chi connectivity index (χ2n) is 14.6. The van der Waals surface area contributed by atoms with Crippen LogP contribution in [0.15, 0.2) is 0 Å². The van der Waals surface area contributed by atoms with Crippen molar-refractivity contribution in [3.8, 4) is 0 Å². The van der Waals surface area contributed by atoms with E-state index in [2.05, 4.69) is 35.8 Å². The Kier molecular flexibility index (Phi) is 23.8. The fourth-order valence-electron chi connectivity index (χ4n) is 6.96. The first kappa shape index (κ1) is 51.3. The summed E-state index contributed by atoms with van der Waals surface area (Å²) in [6, 6.07) is -1.31. The number of hydrogen-bond donors (Lipinski definition) is 10. The molecule has 23 nitrogen and oxygen atoms in total. The molecule has 0 aromatic heterocycles. The van der Waals surface area contributed by atoms with Gasteiger partial charge in [-0.1, -0.05) is 6.42 Å². The van der Waals surface area contributed by atoms with Gasteiger partial charge in [-0.15, -0.1) is 0 Å². The number of carbonyl (C=O) groups is 5. The topological polar surface area (TPSA) is 328 Å². The second kappa shape index (κ2) is 27.8. The minimum atomic E-state index is -5.05. The lowest BCUT2D eigenvalue weighted by atomic mass is 10.0. The molecule has 2 unspecified atom stereocenters. The van der Waals surface area contributed by atoms with Crippen molar-refractivity contribution in [3.05, 3.63) is 0 Å². The van der Waals surface area contributed by atoms with E-state index in [1.165, 1.54) is 7.05 Å². The maximum atomic E-state index is 12.8. The first-order valence-electron chi connectivity index (χ1n) is 20.2. The Balaban J connectivity index is 1.06. The van der Waals surface area contributed by atoms with Crippen molar-refractivity contribution in [2.24, 2.45) is 11.7 Å². The van der Waals surface area contributed by atoms with Gasteiger partial charge in [-0.05, 0) is 38.5 Å². The number of rotatable bonds is 31. The van der Waals surface area contributed by atoms with Gasteiger partial charge < -0.3 is 80.9 Å². The van der Waals surface area contributed by atoms with E-state index < -0.39 is 56.9 Å². The molecule has 0 bridgehead atoms. The number of carboxylic acid groups (broad SMARTS) is 1. The maximum Gasteiger partial charge on any atom is 0.505 e. The van der Waals surface area contributed by atoms with Crippen LogP contribution in [0.2, 0.25) is 0 Å². The number of unbranched alkanes of at least 4 members (excludes halogenated alkanes) is 2. The van der Waals surface area contributed by atoms with Gasteiger partial charge in [0.15, 0.2) is 0 Å². The summed E-state index contributed by atoms with van der Waals surface area (Å²) in [6.07, 6.45) is -0.556. The average Bonchev–Trinajstić information content (AvgIpc) is 3.84. The van der Waals surface area contributed by atoms with Crippen molar-refractivity contribution in [1.82, 2.24) is 31.5 Å². The Bertz CT molecular complexity index is 1390. The van der Waals surface area contributed by atoms with Crippen molar-refractivity contribution in [2.45, 2.75) is 99.5 Å². The van der Waals surface area contributed by atoms with Crippen LogP contribution in [0.4, 0.5) is 14.4 Å². The highest BCUT2D eigenvalue weighted by Gasteiger charge is 2.49. The Morgan fingerprint density at radius 3 is 2.20 bits per heavy atom. The molecular weight excluding hydrogens is 837 g/mol. The quantitative estimate of drug-likeness (QED) is 0.0137. The van der Waals surface area contributed by atoms with Gasteiger partial charge in [-0.25, -0.2) is 18.9 Å². The maximum absolute atomic E-state index is 12.8. The van der Waals surface area contributed by atoms with Crippen LogP contribution in [0.5, 0.6) is 0 Å². The zero-order valence-electron chi connectivity index (χ0n) is 34.0. The molecule has 2 heterocycles. The molecule has 1 saturated carbocycles. The molecule has 2 aliphatic heterocycles. The fraction of sp³-hybridized carbons (Fsp3) is 0.857. The molecule has 0 radical (unpaired) electrons. The number of aliphatic hydroxyl groups is 1. The van der Waals surface area contributed by atoms with E-state index in [0.29, 0.717) is 90.3 Å². The SMILES string of the molecule is CN(C(=O)NC(N)CCCCNC(=O)CCOCCOCCOCCOCCNC(=O)CCCC[C@@H]1SC[C@@H]2NC(=O)N[C@@H]21)[C@@H]1C[C@H](COC(=O)O)C(OP(=O)(O)O)[C@@H]1O. The van der Waals surface area contributed by atoms with Crippen LogP contribution in [-0.4, -0.2) is 182 Å². The van der Waals surface area contributed by atoms with Crippen molar-refractivity contribution in [1.29, 1.82) is 0 Å². The van der Waals surface area contributed by atoms with Gasteiger partial charge >= 0.3 is 26.0 Å². The van der Waals surface area contributed by atoms with Crippen molar-refractivity contribution in [3.63, 3.8) is 0 Å². The van der Waals surface area contributed by atoms with Gasteiger partial charge in [0.2, 0.25) is 11.8 Å². The summed E-state index contributed by atoms with van der Waals surface area (Å²) in [7, 11) is -3.69. The summed E-state index contributed by atoms with van der Waals surface area (Å²) >= 11 is 1.88. The van der Waals surface area contributed by atoms with Crippen LogP contribution >= 0.6 is 19.6 Å². The minimum Gasteiger partial charge on any atom is -0.450 e. The molecule has 8 atom stereocenters. The smallest absolute Gasteiger partial charge is 0.450 e. The fourth-order valence-corrected chi connectivity index (χ4v) is 9.11. The zero-order valence-corrected chi connectivity index (χ0v) is 35.7. The lowest BCUT2D eigenvalue weighted by molar-refractivity contribution is -0.122. The molecule has 0 aromatic carbocycles. The van der Waals surface area contributed by atoms with Gasteiger partial charge in [0.1, 0.15) is 18.8 Å². The average molecular weight is 902 g/mol. The summed E-state index contributed by atoms with van der Waals surface area (Å²) < 4.78 is 42.5. The molecule has 3 aliphatic rings. The molecule has 6 amide bonds. The number of phosphoric acid groups is 1. The highest BCUT2D eigenvalue weighted by Crippen LogP contribution is 2.44. The molecule has 11 N–H and O–H groups in total. The minimum absolute atomic E-state index is 0.00402. The van der Waals surface area contributed by atoms with Crippen molar-refractivity contribution < 1.29 is 76.7 Å². The number of aliphatic hydroxyl groups excluding tert-OH is 1. The molecule has 60 heavy (non-hydrogen) atoms. The van der Waals surface area contributed by atoms with E-state index in [1.54, 1.807) is 0 Å². The number of thioether (sulfide) groups is 1. The third kappa shape index (κ3) is 20.2. The third-order valence-corrected chi connectivity index (χ3v) is 12.1. The van der Waals surface area contributed by atoms with Crippen molar-refractivity contribution >= 4 is 49.6 Å². The highest BCUT2D eigenvalue weighted by molar-refractivity contribution is 8.00. The van der Waals surface area contributed by atoms with Crippen LogP contribution in [-0.2, 0) is 42.4 Å². The number of nitrogens with two attached hydrogens (primary N) is 1. The predicted octanol–water partition coefficient (Wildman–Crippen LogP) is -0.580. The van der Waals surface area contributed by atoms with E-state index in [4.69, 9.17) is 29.8 Å². The summed E-state index contributed by atoms with van der Waals surface area (Å²) in [5.41, 5.74) is 6.04. The number of fused-ring (bicyclic) bond motifs is 1. The van der Waals surface area contributed by atoms with Crippen LogP contribution in [0.3, 0.4) is 0 Å². The van der Waals surface area contributed by atoms with Gasteiger partial charge in [0, 0.05) is 49.9 Å². The van der Waals surface area contributed by atoms with Crippen molar-refractivity contribution in [2.75, 3.05) is 85.4 Å². The monoisotopic (exact) mass is 901 g/mol. The van der Waals surface area contributed by atoms with Crippen LogP contribution < -0.4 is 32.3 Å². The lowest BCUT2D eigenvalue weighted by Gasteiger charge is -2.29. The summed E-state index contributed by atoms with van der Waals surface area (Å²) in [5, 5.41) is 34.0. The van der Waals surface area contributed by atoms with E-state index >= 15 is 0 Å². The molecule has 3 rings (SSSR count). The number of urea groups is 2. The number of hydrogen-bond acceptors (Lipinski definition) is 15. The number of amides is 6. The van der Waals surface area contributed by atoms with Gasteiger partial charge in [0.25, 0.3) is 0 Å². The highest BCUT2D eigenvalue weighted by atomic mass is 32.2. The number of nitrogens with one attached hydrogen (secondary N) is 5. The number of nitrogens with zero attached hydrogens (tertiary/aromatic N) is 1. The first-order chi connectivity index (χ1) is 28.6. The number of likely N-dealkylation sites (N-methyl/N-ethyl adjacent to an activating group) is 1. The van der Waals surface area contributed by atoms with Gasteiger partial charge in [-0.2, -0.15) is 11.8 Å². The van der Waals surface area contributed by atoms with E-state index in [-0.39, 0.29) is 49.4 Å². The molecule has 346 valence electrons. The first-order valence-corrected chi connectivity index (χ1v) is 22.8. The molecule has 25 heteroatoms. The third-order valence-electron chi connectivity index (χ3n) is 10.0. The van der Waals surface area contributed by atoms with E-state index in [0.717, 1.165) is 29.9 Å². The Morgan fingerprint density at radius 2 is 1.53 bits per heavy atom. The van der Waals surface area contributed by atoms with Crippen LogP contribution in [0.1, 0.15) is 57.8 Å². The summed E-state index contributed by atoms with van der Waals surface area (Å²) in [4.78, 5) is 78.8.